The molecule has 2 aromatic heterocycles. The minimum Gasteiger partial charge on any atom is -0.366 e. The molecule has 0 saturated carbocycles. The second-order valence-corrected chi connectivity index (χ2v) is 3.96. The van der Waals surface area contributed by atoms with Crippen LogP contribution in [0.2, 0.25) is 0 Å². The van der Waals surface area contributed by atoms with E-state index in [0.717, 1.165) is 11.0 Å². The minimum atomic E-state index is 0.147. The van der Waals surface area contributed by atoms with Crippen molar-refractivity contribution in [3.05, 3.63) is 29.0 Å². The Morgan fingerprint density at radius 2 is 1.82 bits per heavy atom. The number of nitrogens with two attached hydrogens (primary N) is 1. The van der Waals surface area contributed by atoms with Crippen molar-refractivity contribution in [1.82, 2.24) is 29.9 Å². The molecular weight excluding hydrogens is 286 g/mol. The van der Waals surface area contributed by atoms with Crippen LogP contribution in [0.4, 0.5) is 5.95 Å². The van der Waals surface area contributed by atoms with E-state index >= 15 is 0 Å². The van der Waals surface area contributed by atoms with Gasteiger partial charge in [0.15, 0.2) is 0 Å². The van der Waals surface area contributed by atoms with E-state index in [1.807, 2.05) is 24.3 Å². The van der Waals surface area contributed by atoms with Crippen molar-refractivity contribution in [3.63, 3.8) is 0 Å². The highest BCUT2D eigenvalue weighted by Crippen LogP contribution is 2.14. The number of halogens is 1. The molecule has 0 amide bonds. The zero-order valence-electron chi connectivity index (χ0n) is 8.45. The molecule has 2 N–H and O–H groups in total. The van der Waals surface area contributed by atoms with Gasteiger partial charge in [0.2, 0.25) is 10.7 Å². The highest BCUT2D eigenvalue weighted by Gasteiger charge is 2.10. The van der Waals surface area contributed by atoms with Crippen molar-refractivity contribution in [2.75, 3.05) is 5.73 Å². The molecule has 0 unspecified atom stereocenters. The van der Waals surface area contributed by atoms with Gasteiger partial charge in [-0.05, 0) is 28.1 Å². The number of benzene rings is 1. The van der Waals surface area contributed by atoms with Crippen molar-refractivity contribution in [3.8, 4) is 5.95 Å². The van der Waals surface area contributed by atoms with Crippen LogP contribution in [0, 0.1) is 0 Å². The molecule has 0 spiro atoms. The molecule has 2 heterocycles. The van der Waals surface area contributed by atoms with Crippen molar-refractivity contribution in [1.29, 1.82) is 0 Å². The summed E-state index contributed by atoms with van der Waals surface area (Å²) in [5.41, 5.74) is 6.94. The van der Waals surface area contributed by atoms with Crippen LogP contribution < -0.4 is 5.73 Å². The summed E-state index contributed by atoms with van der Waals surface area (Å²) >= 11 is 3.22. The van der Waals surface area contributed by atoms with Gasteiger partial charge in [0.25, 0.3) is 5.95 Å². The number of anilines is 1. The van der Waals surface area contributed by atoms with Crippen LogP contribution in [0.15, 0.2) is 29.0 Å². The normalized spacial score (nSPS) is 10.9. The summed E-state index contributed by atoms with van der Waals surface area (Å²) in [5.74, 6) is 0.466. The quantitative estimate of drug-likeness (QED) is 0.717. The van der Waals surface area contributed by atoms with Gasteiger partial charge >= 0.3 is 0 Å². The number of para-hydroxylation sites is 1. The Morgan fingerprint density at radius 1 is 1.06 bits per heavy atom. The van der Waals surface area contributed by atoms with Crippen LogP contribution in [0.3, 0.4) is 0 Å². The fourth-order valence-electron chi connectivity index (χ4n) is 1.40. The lowest BCUT2D eigenvalue weighted by Crippen LogP contribution is -2.05. The molecule has 0 bridgehead atoms. The average molecular weight is 292 g/mol. The first-order valence-electron chi connectivity index (χ1n) is 4.72. The second-order valence-electron chi connectivity index (χ2n) is 3.25. The van der Waals surface area contributed by atoms with Crippen LogP contribution >= 0.6 is 15.9 Å². The molecule has 0 aliphatic rings. The Labute approximate surface area is 104 Å². The minimum absolute atomic E-state index is 0.147. The smallest absolute Gasteiger partial charge is 0.273 e. The molecule has 17 heavy (non-hydrogen) atoms. The highest BCUT2D eigenvalue weighted by atomic mass is 79.9. The fourth-order valence-corrected chi connectivity index (χ4v) is 1.82. The summed E-state index contributed by atoms with van der Waals surface area (Å²) in [6.07, 6.45) is 0. The molecule has 84 valence electrons. The molecule has 7 nitrogen and oxygen atoms in total. The lowest BCUT2D eigenvalue weighted by atomic mass is 10.3. The van der Waals surface area contributed by atoms with E-state index in [4.69, 9.17) is 5.73 Å². The number of hydrogen-bond donors (Lipinski definition) is 1. The Kier molecular flexibility index (Phi) is 2.22. The van der Waals surface area contributed by atoms with Crippen LogP contribution in [0.1, 0.15) is 0 Å². The predicted molar refractivity (Wildman–Crippen MR) is 64.4 cm³/mol. The van der Waals surface area contributed by atoms with Gasteiger partial charge in [-0.3, -0.25) is 0 Å². The molecule has 3 rings (SSSR count). The molecule has 1 aromatic carbocycles. The summed E-state index contributed by atoms with van der Waals surface area (Å²) in [7, 11) is 0. The third-order valence-corrected chi connectivity index (χ3v) is 2.64. The van der Waals surface area contributed by atoms with Crippen LogP contribution in [0.25, 0.3) is 17.0 Å². The molecular formula is C9H6BrN7. The van der Waals surface area contributed by atoms with E-state index in [1.54, 1.807) is 0 Å². The zero-order valence-corrected chi connectivity index (χ0v) is 10.0. The molecule has 0 aliphatic heterocycles. The number of fused-ring (bicyclic) bond motifs is 1. The van der Waals surface area contributed by atoms with Crippen molar-refractivity contribution in [2.45, 2.75) is 0 Å². The Balaban J connectivity index is 2.21. The van der Waals surface area contributed by atoms with Gasteiger partial charge in [0.1, 0.15) is 5.52 Å². The van der Waals surface area contributed by atoms with Gasteiger partial charge in [-0.2, -0.15) is 9.67 Å². The average Bonchev–Trinajstić information content (AvgIpc) is 2.68. The summed E-state index contributed by atoms with van der Waals surface area (Å²) < 4.78 is 1.82. The summed E-state index contributed by atoms with van der Waals surface area (Å²) in [4.78, 5) is 8.23. The maximum atomic E-state index is 5.48. The summed E-state index contributed by atoms with van der Waals surface area (Å²) in [6.45, 7) is 0. The van der Waals surface area contributed by atoms with Gasteiger partial charge in [0, 0.05) is 0 Å². The first-order valence-corrected chi connectivity index (χ1v) is 5.51. The van der Waals surface area contributed by atoms with Gasteiger partial charge < -0.3 is 5.73 Å². The summed E-state index contributed by atoms with van der Waals surface area (Å²) in [5, 5.41) is 12.0. The molecule has 0 atom stereocenters. The Hall–Kier alpha value is -2.09. The van der Waals surface area contributed by atoms with Crippen LogP contribution in [-0.4, -0.2) is 29.9 Å². The fraction of sp³-hybridized carbons (Fsp3) is 0. The van der Waals surface area contributed by atoms with E-state index in [-0.39, 0.29) is 5.95 Å². The predicted octanol–water partition coefficient (Wildman–Crippen LogP) is 0.950. The van der Waals surface area contributed by atoms with E-state index in [9.17, 15) is 0 Å². The first kappa shape index (κ1) is 10.1. The third-order valence-electron chi connectivity index (χ3n) is 2.12. The molecule has 3 aromatic rings. The van der Waals surface area contributed by atoms with Crippen molar-refractivity contribution < 1.29 is 0 Å². The van der Waals surface area contributed by atoms with Crippen molar-refractivity contribution >= 4 is 32.9 Å². The highest BCUT2D eigenvalue weighted by molar-refractivity contribution is 9.10. The first-order chi connectivity index (χ1) is 8.24. The number of nitrogens with zero attached hydrogens (tertiary/aromatic N) is 6. The number of hydrogen-bond acceptors (Lipinski definition) is 6. The molecule has 0 saturated heterocycles. The summed E-state index contributed by atoms with van der Waals surface area (Å²) in [6, 6.07) is 7.44. The topological polar surface area (TPSA) is 95.4 Å². The van der Waals surface area contributed by atoms with Gasteiger partial charge in [-0.15, -0.1) is 15.3 Å². The number of nitrogen functional groups attached to an aromatic ring is 1. The zero-order chi connectivity index (χ0) is 11.8. The Morgan fingerprint density at radius 3 is 2.53 bits per heavy atom. The monoisotopic (exact) mass is 291 g/mol. The van der Waals surface area contributed by atoms with Gasteiger partial charge in [0.05, 0.1) is 5.52 Å². The molecule has 0 aliphatic carbocycles. The lowest BCUT2D eigenvalue weighted by Gasteiger charge is -2.00. The van der Waals surface area contributed by atoms with Gasteiger partial charge in [-0.25, -0.2) is 4.98 Å². The Bertz CT molecular complexity index is 693. The molecule has 8 heteroatoms. The van der Waals surface area contributed by atoms with Gasteiger partial charge in [-0.1, -0.05) is 12.1 Å². The van der Waals surface area contributed by atoms with Crippen molar-refractivity contribution in [2.24, 2.45) is 0 Å². The number of aromatic nitrogens is 6. The second kappa shape index (κ2) is 3.74. The third kappa shape index (κ3) is 1.72. The van der Waals surface area contributed by atoms with Crippen LogP contribution in [-0.2, 0) is 0 Å². The van der Waals surface area contributed by atoms with E-state index in [2.05, 4.69) is 41.2 Å². The maximum absolute atomic E-state index is 5.48. The maximum Gasteiger partial charge on any atom is 0.273 e. The van der Waals surface area contributed by atoms with E-state index in [0.29, 0.717) is 10.7 Å². The standard InChI is InChI=1S/C9H6BrN7/c10-7-13-8(11)16-17(7)9-12-5-3-1-2-4-6(5)14-15-9/h1-4H,(H2,11,16). The number of rotatable bonds is 1. The lowest BCUT2D eigenvalue weighted by molar-refractivity contribution is 0.772. The SMILES string of the molecule is Nc1nc(Br)n(-c2nnc3ccccc3n2)n1. The molecule has 0 fully saturated rings. The van der Waals surface area contributed by atoms with E-state index in [1.165, 1.54) is 4.68 Å². The largest absolute Gasteiger partial charge is 0.366 e. The van der Waals surface area contributed by atoms with E-state index < -0.39 is 0 Å². The van der Waals surface area contributed by atoms with Crippen LogP contribution in [0.5, 0.6) is 0 Å². The molecule has 0 radical (unpaired) electrons.